The predicted molar refractivity (Wildman–Crippen MR) is 90.1 cm³/mol. The minimum atomic E-state index is 0.346. The molecule has 2 aromatic heterocycles. The molecule has 4 nitrogen and oxygen atoms in total. The summed E-state index contributed by atoms with van der Waals surface area (Å²) in [4.78, 5) is 15.7. The Morgan fingerprint density at radius 2 is 1.86 bits per heavy atom. The summed E-state index contributed by atoms with van der Waals surface area (Å²) in [6.45, 7) is 4.24. The van der Waals surface area contributed by atoms with E-state index >= 15 is 0 Å². The Morgan fingerprint density at radius 1 is 1.14 bits per heavy atom. The summed E-state index contributed by atoms with van der Waals surface area (Å²) >= 11 is 8.83. The van der Waals surface area contributed by atoms with Gasteiger partial charge in [-0.3, -0.25) is 0 Å². The largest absolute Gasteiger partial charge is 0.345 e. The second-order valence-electron chi connectivity index (χ2n) is 5.25. The average Bonchev–Trinajstić information content (AvgIpc) is 2.84. The number of fused-ring (bicyclic) bond motifs is 1. The summed E-state index contributed by atoms with van der Waals surface area (Å²) in [5.74, 6) is 2.05. The third-order valence-electron chi connectivity index (χ3n) is 3.29. The quantitative estimate of drug-likeness (QED) is 0.674. The maximum atomic E-state index is 5.32. The van der Waals surface area contributed by atoms with Crippen LogP contribution in [0.3, 0.4) is 0 Å². The Hall–Kier alpha value is -1.53. The van der Waals surface area contributed by atoms with Gasteiger partial charge < -0.3 is 9.97 Å². The summed E-state index contributed by atoms with van der Waals surface area (Å²) in [7, 11) is 0. The fourth-order valence-corrected chi connectivity index (χ4v) is 3.12. The van der Waals surface area contributed by atoms with E-state index in [4.69, 9.17) is 12.2 Å². The Kier molecular flexibility index (Phi) is 3.91. The van der Waals surface area contributed by atoms with Crippen LogP contribution in [0, 0.1) is 4.64 Å². The first kappa shape index (κ1) is 14.4. The van der Waals surface area contributed by atoms with Crippen molar-refractivity contribution >= 4 is 39.2 Å². The van der Waals surface area contributed by atoms with Crippen LogP contribution in [0.2, 0.25) is 0 Å². The van der Waals surface area contributed by atoms with Crippen LogP contribution in [-0.2, 0) is 6.42 Å². The molecule has 21 heavy (non-hydrogen) atoms. The van der Waals surface area contributed by atoms with Gasteiger partial charge in [0, 0.05) is 5.69 Å². The van der Waals surface area contributed by atoms with E-state index in [2.05, 4.69) is 49.7 Å². The number of halogens is 1. The lowest BCUT2D eigenvalue weighted by Gasteiger charge is -2.10. The molecule has 2 N–H and O–H groups in total. The lowest BCUT2D eigenvalue weighted by Crippen LogP contribution is -2.04. The summed E-state index contributed by atoms with van der Waals surface area (Å²) < 4.78 is 1.46. The fourth-order valence-electron chi connectivity index (χ4n) is 2.25. The molecule has 108 valence electrons. The third kappa shape index (κ3) is 2.91. The highest BCUT2D eigenvalue weighted by atomic mass is 79.9. The first-order valence-corrected chi connectivity index (χ1v) is 7.97. The van der Waals surface area contributed by atoms with Crippen LogP contribution >= 0.6 is 28.1 Å². The number of nitrogens with one attached hydrogen (secondary N) is 2. The normalized spacial score (nSPS) is 11.4. The minimum Gasteiger partial charge on any atom is -0.345 e. The second kappa shape index (κ2) is 5.69. The molecule has 0 bridgehead atoms. The first-order valence-electron chi connectivity index (χ1n) is 6.77. The van der Waals surface area contributed by atoms with Gasteiger partial charge >= 0.3 is 0 Å². The summed E-state index contributed by atoms with van der Waals surface area (Å²) in [6.07, 6.45) is 0.602. The molecule has 0 fully saturated rings. The molecule has 0 unspecified atom stereocenters. The van der Waals surface area contributed by atoms with Crippen molar-refractivity contribution in [1.82, 2.24) is 19.9 Å². The van der Waals surface area contributed by atoms with Gasteiger partial charge in [0.2, 0.25) is 0 Å². The molecule has 0 saturated heterocycles. The van der Waals surface area contributed by atoms with Crippen LogP contribution in [0.4, 0.5) is 0 Å². The van der Waals surface area contributed by atoms with Gasteiger partial charge in [0.1, 0.15) is 16.3 Å². The smallest absolute Gasteiger partial charge is 0.144 e. The summed E-state index contributed by atoms with van der Waals surface area (Å²) in [5.41, 5.74) is 3.07. The first-order chi connectivity index (χ1) is 10.0. The Bertz CT molecular complexity index is 817. The van der Waals surface area contributed by atoms with Crippen LogP contribution < -0.4 is 0 Å². The number of imidazole rings is 1. The van der Waals surface area contributed by atoms with Crippen molar-refractivity contribution in [3.8, 4) is 0 Å². The van der Waals surface area contributed by atoms with Crippen LogP contribution in [-0.4, -0.2) is 19.9 Å². The number of aromatic amines is 2. The van der Waals surface area contributed by atoms with E-state index in [9.17, 15) is 0 Å². The van der Waals surface area contributed by atoms with E-state index in [1.165, 1.54) is 0 Å². The van der Waals surface area contributed by atoms with Crippen molar-refractivity contribution in [3.63, 3.8) is 0 Å². The van der Waals surface area contributed by atoms with E-state index in [0.717, 1.165) is 32.8 Å². The van der Waals surface area contributed by atoms with E-state index in [0.29, 0.717) is 17.0 Å². The second-order valence-corrected chi connectivity index (χ2v) is 6.43. The number of H-pyrrole nitrogens is 2. The summed E-state index contributed by atoms with van der Waals surface area (Å²) in [5, 5.41) is 0. The van der Waals surface area contributed by atoms with Crippen molar-refractivity contribution in [2.24, 2.45) is 0 Å². The number of para-hydroxylation sites is 2. The highest BCUT2D eigenvalue weighted by Crippen LogP contribution is 2.23. The van der Waals surface area contributed by atoms with Crippen LogP contribution in [0.15, 0.2) is 28.7 Å². The van der Waals surface area contributed by atoms with E-state index in [-0.39, 0.29) is 0 Å². The zero-order valence-electron chi connectivity index (χ0n) is 11.8. The summed E-state index contributed by atoms with van der Waals surface area (Å²) in [6, 6.07) is 7.98. The maximum absolute atomic E-state index is 5.32. The molecular weight excluding hydrogens is 348 g/mol. The molecule has 0 aliphatic carbocycles. The number of aromatic nitrogens is 4. The van der Waals surface area contributed by atoms with Crippen molar-refractivity contribution < 1.29 is 0 Å². The molecule has 0 atom stereocenters. The van der Waals surface area contributed by atoms with E-state index in [1.807, 2.05) is 24.3 Å². The van der Waals surface area contributed by atoms with Gasteiger partial charge in [-0.2, -0.15) is 0 Å². The zero-order valence-corrected chi connectivity index (χ0v) is 14.2. The van der Waals surface area contributed by atoms with Crippen molar-refractivity contribution in [2.75, 3.05) is 0 Å². The van der Waals surface area contributed by atoms with Gasteiger partial charge in [-0.25, -0.2) is 9.97 Å². The number of nitrogens with zero attached hydrogens (tertiary/aromatic N) is 2. The minimum absolute atomic E-state index is 0.346. The lowest BCUT2D eigenvalue weighted by molar-refractivity contribution is 0.775. The molecule has 0 spiro atoms. The van der Waals surface area contributed by atoms with Crippen LogP contribution in [0.25, 0.3) is 11.0 Å². The molecule has 1 aromatic carbocycles. The molecule has 0 radical (unpaired) electrons. The zero-order chi connectivity index (χ0) is 15.0. The maximum Gasteiger partial charge on any atom is 0.144 e. The Labute approximate surface area is 136 Å². The van der Waals surface area contributed by atoms with Crippen molar-refractivity contribution in [1.29, 1.82) is 0 Å². The molecule has 0 aliphatic rings. The molecule has 0 aliphatic heterocycles. The van der Waals surface area contributed by atoms with Gasteiger partial charge in [-0.1, -0.05) is 38.2 Å². The Morgan fingerprint density at radius 3 is 2.57 bits per heavy atom. The van der Waals surface area contributed by atoms with Crippen molar-refractivity contribution in [2.45, 2.75) is 26.2 Å². The number of hydrogen-bond acceptors (Lipinski definition) is 3. The lowest BCUT2D eigenvalue weighted by atomic mass is 10.1. The molecule has 3 rings (SSSR count). The number of hydrogen-bond donors (Lipinski definition) is 2. The van der Waals surface area contributed by atoms with Crippen LogP contribution in [0.5, 0.6) is 0 Å². The monoisotopic (exact) mass is 362 g/mol. The van der Waals surface area contributed by atoms with Crippen LogP contribution in [0.1, 0.15) is 37.1 Å². The molecular formula is C15H15BrN4S. The van der Waals surface area contributed by atoms with Gasteiger partial charge in [0.05, 0.1) is 21.9 Å². The molecule has 0 amide bonds. The molecule has 6 heteroatoms. The van der Waals surface area contributed by atoms with Gasteiger partial charge in [0.15, 0.2) is 0 Å². The van der Waals surface area contributed by atoms with E-state index < -0.39 is 0 Å². The van der Waals surface area contributed by atoms with Gasteiger partial charge in [-0.05, 0) is 34.0 Å². The molecule has 2 heterocycles. The third-order valence-corrected chi connectivity index (χ3v) is 4.65. The highest BCUT2D eigenvalue weighted by molar-refractivity contribution is 9.10. The fraction of sp³-hybridized carbons (Fsp3) is 0.267. The number of benzene rings is 1. The molecule has 0 saturated carbocycles. The van der Waals surface area contributed by atoms with Gasteiger partial charge in [0.25, 0.3) is 0 Å². The highest BCUT2D eigenvalue weighted by Gasteiger charge is 2.11. The number of rotatable bonds is 3. The van der Waals surface area contributed by atoms with E-state index in [1.54, 1.807) is 0 Å². The van der Waals surface area contributed by atoms with Crippen molar-refractivity contribution in [3.05, 3.63) is 50.7 Å². The predicted octanol–water partition coefficient (Wildman–Crippen LogP) is 4.49. The van der Waals surface area contributed by atoms with Gasteiger partial charge in [-0.15, -0.1) is 0 Å². The average molecular weight is 363 g/mol. The topological polar surface area (TPSA) is 57.4 Å². The SMILES string of the molecule is CC(C)c1[nH]c(Cc2nc3ccccc3[nH]2)nc(=S)c1Br. The Balaban J connectivity index is 1.99. The molecule has 3 aromatic rings. The standard InChI is InChI=1S/C15H15BrN4S/c1-8(2)14-13(16)15(21)20-12(19-14)7-11-17-9-5-3-4-6-10(9)18-11/h3-6,8H,7H2,1-2H3,(H,17,18)(H,19,20,21).